The van der Waals surface area contributed by atoms with Gasteiger partial charge in [0.05, 0.1) is 6.61 Å². The molecule has 1 aliphatic heterocycles. The first kappa shape index (κ1) is 10.1. The Labute approximate surface area is 87.6 Å². The van der Waals surface area contributed by atoms with E-state index in [4.69, 9.17) is 4.74 Å². The highest BCUT2D eigenvalue weighted by Gasteiger charge is 2.31. The summed E-state index contributed by atoms with van der Waals surface area (Å²) in [4.78, 5) is 11.4. The van der Waals surface area contributed by atoms with Crippen LogP contribution < -0.4 is 0 Å². The van der Waals surface area contributed by atoms with Crippen molar-refractivity contribution in [3.8, 4) is 0 Å². The van der Waals surface area contributed by atoms with Crippen LogP contribution in [-0.2, 0) is 16.0 Å². The quantitative estimate of drug-likeness (QED) is 0.677. The van der Waals surface area contributed by atoms with Gasteiger partial charge in [0, 0.05) is 12.8 Å². The lowest BCUT2D eigenvalue weighted by Gasteiger charge is -2.07. The van der Waals surface area contributed by atoms with Crippen LogP contribution >= 0.6 is 0 Å². The van der Waals surface area contributed by atoms with Gasteiger partial charge in [0.2, 0.25) is 0 Å². The van der Waals surface area contributed by atoms with Crippen LogP contribution in [0.25, 0.3) is 0 Å². The number of hydrogen-bond donors (Lipinski definition) is 0. The Morgan fingerprint density at radius 1 is 1.60 bits per heavy atom. The van der Waals surface area contributed by atoms with E-state index in [0.717, 1.165) is 25.1 Å². The SMILES string of the molecule is CCCCc1nnnn1C1CCOC1=O. The smallest absolute Gasteiger partial charge is 0.331 e. The van der Waals surface area contributed by atoms with E-state index in [0.29, 0.717) is 13.0 Å². The molecule has 1 saturated heterocycles. The molecule has 2 rings (SSSR count). The zero-order valence-electron chi connectivity index (χ0n) is 8.72. The number of aryl methyl sites for hydroxylation is 1. The molecule has 1 aromatic rings. The molecule has 1 fully saturated rings. The van der Waals surface area contributed by atoms with Crippen molar-refractivity contribution in [1.82, 2.24) is 20.2 Å². The minimum Gasteiger partial charge on any atom is -0.464 e. The summed E-state index contributed by atoms with van der Waals surface area (Å²) in [6.45, 7) is 2.58. The standard InChI is InChI=1S/C9H14N4O2/c1-2-3-4-8-10-11-12-13(8)7-5-6-15-9(7)14/h7H,2-6H2,1H3. The molecule has 6 heteroatoms. The maximum Gasteiger partial charge on any atom is 0.331 e. The third kappa shape index (κ3) is 1.98. The fourth-order valence-electron chi connectivity index (χ4n) is 1.66. The van der Waals surface area contributed by atoms with Gasteiger partial charge >= 0.3 is 5.97 Å². The number of hydrogen-bond acceptors (Lipinski definition) is 5. The maximum absolute atomic E-state index is 11.4. The van der Waals surface area contributed by atoms with Crippen LogP contribution in [0.4, 0.5) is 0 Å². The number of carbonyl (C=O) groups excluding carboxylic acids is 1. The summed E-state index contributed by atoms with van der Waals surface area (Å²) in [6, 6.07) is -0.313. The molecule has 15 heavy (non-hydrogen) atoms. The molecule has 6 nitrogen and oxygen atoms in total. The average Bonchev–Trinajstić information content (AvgIpc) is 2.82. The lowest BCUT2D eigenvalue weighted by atomic mass is 10.2. The first-order valence-corrected chi connectivity index (χ1v) is 5.26. The van der Waals surface area contributed by atoms with E-state index in [1.807, 2.05) is 0 Å². The van der Waals surface area contributed by atoms with Crippen LogP contribution in [0.15, 0.2) is 0 Å². The van der Waals surface area contributed by atoms with E-state index in [1.165, 1.54) is 0 Å². The summed E-state index contributed by atoms with van der Waals surface area (Å²) < 4.78 is 6.50. The molecule has 0 N–H and O–H groups in total. The van der Waals surface area contributed by atoms with Crippen molar-refractivity contribution in [1.29, 1.82) is 0 Å². The minimum atomic E-state index is -0.313. The average molecular weight is 210 g/mol. The highest BCUT2D eigenvalue weighted by Crippen LogP contribution is 2.20. The van der Waals surface area contributed by atoms with Crippen LogP contribution in [0.5, 0.6) is 0 Å². The molecular weight excluding hydrogens is 196 g/mol. The molecular formula is C9H14N4O2. The van der Waals surface area contributed by atoms with Crippen LogP contribution in [0, 0.1) is 0 Å². The topological polar surface area (TPSA) is 69.9 Å². The Hall–Kier alpha value is -1.46. The predicted molar refractivity (Wildman–Crippen MR) is 51.0 cm³/mol. The van der Waals surface area contributed by atoms with Gasteiger partial charge in [-0.3, -0.25) is 0 Å². The maximum atomic E-state index is 11.4. The molecule has 1 unspecified atom stereocenters. The molecule has 0 amide bonds. The van der Waals surface area contributed by atoms with Gasteiger partial charge in [-0.1, -0.05) is 13.3 Å². The number of cyclic esters (lactones) is 1. The van der Waals surface area contributed by atoms with Crippen LogP contribution in [0.2, 0.25) is 0 Å². The number of nitrogens with zero attached hydrogens (tertiary/aromatic N) is 4. The lowest BCUT2D eigenvalue weighted by molar-refractivity contribution is -0.140. The zero-order valence-corrected chi connectivity index (χ0v) is 8.72. The van der Waals surface area contributed by atoms with Gasteiger partial charge in [-0.2, -0.15) is 0 Å². The fourth-order valence-corrected chi connectivity index (χ4v) is 1.66. The van der Waals surface area contributed by atoms with Crippen molar-refractivity contribution < 1.29 is 9.53 Å². The third-order valence-corrected chi connectivity index (χ3v) is 2.52. The first-order valence-electron chi connectivity index (χ1n) is 5.26. The van der Waals surface area contributed by atoms with Gasteiger partial charge in [0.15, 0.2) is 11.9 Å². The fraction of sp³-hybridized carbons (Fsp3) is 0.778. The molecule has 1 aromatic heterocycles. The monoisotopic (exact) mass is 210 g/mol. The second-order valence-corrected chi connectivity index (χ2v) is 3.62. The van der Waals surface area contributed by atoms with E-state index < -0.39 is 0 Å². The molecule has 1 aliphatic rings. The second-order valence-electron chi connectivity index (χ2n) is 3.62. The van der Waals surface area contributed by atoms with E-state index in [-0.39, 0.29) is 12.0 Å². The Morgan fingerprint density at radius 3 is 3.13 bits per heavy atom. The minimum absolute atomic E-state index is 0.222. The summed E-state index contributed by atoms with van der Waals surface area (Å²) in [6.07, 6.45) is 3.60. The molecule has 82 valence electrons. The molecule has 0 radical (unpaired) electrons. The van der Waals surface area contributed by atoms with E-state index >= 15 is 0 Å². The van der Waals surface area contributed by atoms with Gasteiger partial charge in [-0.15, -0.1) is 5.10 Å². The van der Waals surface area contributed by atoms with Crippen molar-refractivity contribution in [2.45, 2.75) is 38.6 Å². The van der Waals surface area contributed by atoms with Crippen molar-refractivity contribution in [3.63, 3.8) is 0 Å². The van der Waals surface area contributed by atoms with Crippen LogP contribution in [0.1, 0.15) is 38.1 Å². The predicted octanol–water partition coefficient (Wildman–Crippen LogP) is 0.504. The lowest BCUT2D eigenvalue weighted by Crippen LogP contribution is -2.18. The van der Waals surface area contributed by atoms with Crippen molar-refractivity contribution in [2.75, 3.05) is 6.61 Å². The Morgan fingerprint density at radius 2 is 2.47 bits per heavy atom. The summed E-state index contributed by atoms with van der Waals surface area (Å²) in [5.74, 6) is 0.556. The number of esters is 1. The number of unbranched alkanes of at least 4 members (excludes halogenated alkanes) is 1. The largest absolute Gasteiger partial charge is 0.464 e. The summed E-state index contributed by atoms with van der Waals surface area (Å²) in [5.41, 5.74) is 0. The number of ether oxygens (including phenoxy) is 1. The van der Waals surface area contributed by atoms with E-state index in [1.54, 1.807) is 4.68 Å². The van der Waals surface area contributed by atoms with Crippen molar-refractivity contribution in [2.24, 2.45) is 0 Å². The van der Waals surface area contributed by atoms with Gasteiger partial charge in [0.25, 0.3) is 0 Å². The normalized spacial score (nSPS) is 20.6. The van der Waals surface area contributed by atoms with Crippen LogP contribution in [0.3, 0.4) is 0 Å². The second kappa shape index (κ2) is 4.37. The molecule has 0 bridgehead atoms. The van der Waals surface area contributed by atoms with Gasteiger partial charge < -0.3 is 4.74 Å². The van der Waals surface area contributed by atoms with Crippen LogP contribution in [-0.4, -0.2) is 32.8 Å². The molecule has 0 aromatic carbocycles. The summed E-state index contributed by atoms with van der Waals surface area (Å²) >= 11 is 0. The Bertz CT molecular complexity index is 350. The number of carbonyl (C=O) groups is 1. The molecule has 0 spiro atoms. The molecule has 0 saturated carbocycles. The Kier molecular flexibility index (Phi) is 2.94. The van der Waals surface area contributed by atoms with E-state index in [2.05, 4.69) is 22.4 Å². The van der Waals surface area contributed by atoms with E-state index in [9.17, 15) is 4.79 Å². The van der Waals surface area contributed by atoms with Gasteiger partial charge in [-0.25, -0.2) is 9.48 Å². The van der Waals surface area contributed by atoms with Gasteiger partial charge in [0.1, 0.15) is 0 Å². The van der Waals surface area contributed by atoms with Crippen molar-refractivity contribution >= 4 is 5.97 Å². The molecule has 1 atom stereocenters. The van der Waals surface area contributed by atoms with Gasteiger partial charge in [-0.05, 0) is 16.8 Å². The Balaban J connectivity index is 2.13. The first-order chi connectivity index (χ1) is 7.33. The number of rotatable bonds is 4. The summed E-state index contributed by atoms with van der Waals surface area (Å²) in [7, 11) is 0. The molecule has 2 heterocycles. The highest BCUT2D eigenvalue weighted by atomic mass is 16.5. The highest BCUT2D eigenvalue weighted by molar-refractivity contribution is 5.75. The molecule has 0 aliphatic carbocycles. The number of aromatic nitrogens is 4. The third-order valence-electron chi connectivity index (χ3n) is 2.52. The van der Waals surface area contributed by atoms with Crippen molar-refractivity contribution in [3.05, 3.63) is 5.82 Å². The summed E-state index contributed by atoms with van der Waals surface area (Å²) in [5, 5.41) is 11.4. The number of tetrazole rings is 1. The zero-order chi connectivity index (χ0) is 10.7.